The number of hydrogen-bond acceptors (Lipinski definition) is 4. The van der Waals surface area contributed by atoms with Crippen molar-refractivity contribution in [3.05, 3.63) is 29.8 Å². The van der Waals surface area contributed by atoms with Crippen molar-refractivity contribution in [2.24, 2.45) is 5.92 Å². The smallest absolute Gasteiger partial charge is 0.408 e. The lowest BCUT2D eigenvalue weighted by atomic mass is 10.0. The lowest BCUT2D eigenvalue weighted by molar-refractivity contribution is -0.119. The SMILES string of the molecule is CC(=O)c1cccc(NC(=O)[C@@H](NC(=O)OC(C)(C)C)C(C)C)c1. The molecule has 24 heavy (non-hydrogen) atoms. The molecular weight excluding hydrogens is 308 g/mol. The van der Waals surface area contributed by atoms with Gasteiger partial charge in [0, 0.05) is 11.3 Å². The average molecular weight is 334 g/mol. The van der Waals surface area contributed by atoms with Gasteiger partial charge in [-0.3, -0.25) is 9.59 Å². The summed E-state index contributed by atoms with van der Waals surface area (Å²) < 4.78 is 5.19. The molecule has 0 aliphatic rings. The summed E-state index contributed by atoms with van der Waals surface area (Å²) in [6.07, 6.45) is -0.645. The van der Waals surface area contributed by atoms with Crippen LogP contribution < -0.4 is 10.6 Å². The molecule has 0 aromatic heterocycles. The Bertz CT molecular complexity index is 618. The molecule has 2 amide bonds. The van der Waals surface area contributed by atoms with Gasteiger partial charge in [-0.2, -0.15) is 0 Å². The molecule has 0 spiro atoms. The van der Waals surface area contributed by atoms with Gasteiger partial charge in [0.25, 0.3) is 0 Å². The molecule has 0 bridgehead atoms. The van der Waals surface area contributed by atoms with E-state index < -0.39 is 17.7 Å². The van der Waals surface area contributed by atoms with Gasteiger partial charge in [-0.05, 0) is 45.7 Å². The Hall–Kier alpha value is -2.37. The minimum Gasteiger partial charge on any atom is -0.444 e. The number of carbonyl (C=O) groups excluding carboxylic acids is 3. The van der Waals surface area contributed by atoms with Crippen LogP contribution in [0.3, 0.4) is 0 Å². The van der Waals surface area contributed by atoms with Gasteiger partial charge in [0.1, 0.15) is 11.6 Å². The van der Waals surface area contributed by atoms with Crippen molar-refractivity contribution < 1.29 is 19.1 Å². The van der Waals surface area contributed by atoms with E-state index in [2.05, 4.69) is 10.6 Å². The zero-order valence-electron chi connectivity index (χ0n) is 15.1. The third-order valence-corrected chi connectivity index (χ3v) is 3.16. The number of ether oxygens (including phenoxy) is 1. The monoisotopic (exact) mass is 334 g/mol. The molecule has 1 aromatic carbocycles. The first-order chi connectivity index (χ1) is 11.0. The topological polar surface area (TPSA) is 84.5 Å². The Morgan fingerprint density at radius 1 is 1.12 bits per heavy atom. The van der Waals surface area contributed by atoms with Crippen LogP contribution in [-0.4, -0.2) is 29.4 Å². The van der Waals surface area contributed by atoms with E-state index in [-0.39, 0.29) is 17.6 Å². The van der Waals surface area contributed by atoms with Gasteiger partial charge in [0.05, 0.1) is 0 Å². The van der Waals surface area contributed by atoms with E-state index in [0.29, 0.717) is 11.3 Å². The summed E-state index contributed by atoms with van der Waals surface area (Å²) in [7, 11) is 0. The molecule has 0 saturated carbocycles. The first-order valence-corrected chi connectivity index (χ1v) is 7.91. The summed E-state index contributed by atoms with van der Waals surface area (Å²) >= 11 is 0. The fourth-order valence-corrected chi connectivity index (χ4v) is 2.01. The van der Waals surface area contributed by atoms with Gasteiger partial charge in [-0.25, -0.2) is 4.79 Å². The summed E-state index contributed by atoms with van der Waals surface area (Å²) in [4.78, 5) is 35.8. The highest BCUT2D eigenvalue weighted by Gasteiger charge is 2.27. The molecule has 1 atom stereocenters. The Labute approximate surface area is 143 Å². The van der Waals surface area contributed by atoms with Crippen LogP contribution in [0.5, 0.6) is 0 Å². The first kappa shape index (κ1) is 19.7. The average Bonchev–Trinajstić information content (AvgIpc) is 2.42. The Morgan fingerprint density at radius 2 is 1.75 bits per heavy atom. The predicted octanol–water partition coefficient (Wildman–Crippen LogP) is 3.38. The van der Waals surface area contributed by atoms with Gasteiger partial charge in [-0.15, -0.1) is 0 Å². The maximum Gasteiger partial charge on any atom is 0.408 e. The fraction of sp³-hybridized carbons (Fsp3) is 0.500. The number of ketones is 1. The van der Waals surface area contributed by atoms with Crippen molar-refractivity contribution in [1.82, 2.24) is 5.32 Å². The van der Waals surface area contributed by atoms with Crippen LogP contribution in [0.4, 0.5) is 10.5 Å². The fourth-order valence-electron chi connectivity index (χ4n) is 2.01. The largest absolute Gasteiger partial charge is 0.444 e. The van der Waals surface area contributed by atoms with E-state index in [1.807, 2.05) is 13.8 Å². The van der Waals surface area contributed by atoms with Crippen LogP contribution >= 0.6 is 0 Å². The number of amides is 2. The Morgan fingerprint density at radius 3 is 2.25 bits per heavy atom. The minimum absolute atomic E-state index is 0.0848. The number of anilines is 1. The Kier molecular flexibility index (Phi) is 6.51. The van der Waals surface area contributed by atoms with Gasteiger partial charge in [-0.1, -0.05) is 26.0 Å². The van der Waals surface area contributed by atoms with Crippen molar-refractivity contribution in [3.8, 4) is 0 Å². The van der Waals surface area contributed by atoms with Crippen LogP contribution in [0.1, 0.15) is 51.9 Å². The molecule has 132 valence electrons. The number of alkyl carbamates (subject to hydrolysis) is 1. The van der Waals surface area contributed by atoms with Crippen LogP contribution in [-0.2, 0) is 9.53 Å². The molecule has 0 aliphatic heterocycles. The standard InChI is InChI=1S/C18H26N2O4/c1-11(2)15(20-17(23)24-18(4,5)6)16(22)19-14-9-7-8-13(10-14)12(3)21/h7-11,15H,1-6H3,(H,19,22)(H,20,23)/t15-/m0/s1. The number of Topliss-reactive ketones (excluding diaryl/α,β-unsaturated/α-hetero) is 1. The van der Waals surface area contributed by atoms with Crippen LogP contribution in [0.15, 0.2) is 24.3 Å². The summed E-state index contributed by atoms with van der Waals surface area (Å²) in [5, 5.41) is 5.32. The van der Waals surface area contributed by atoms with E-state index in [1.165, 1.54) is 6.92 Å². The van der Waals surface area contributed by atoms with Crippen LogP contribution in [0, 0.1) is 5.92 Å². The van der Waals surface area contributed by atoms with Crippen molar-refractivity contribution in [1.29, 1.82) is 0 Å². The normalized spacial score (nSPS) is 12.5. The van der Waals surface area contributed by atoms with E-state index >= 15 is 0 Å². The third-order valence-electron chi connectivity index (χ3n) is 3.16. The van der Waals surface area contributed by atoms with Gasteiger partial charge in [0.2, 0.25) is 5.91 Å². The molecule has 0 radical (unpaired) electrons. The van der Waals surface area contributed by atoms with Gasteiger partial charge in [0.15, 0.2) is 5.78 Å². The second kappa shape index (κ2) is 7.95. The summed E-state index contributed by atoms with van der Waals surface area (Å²) in [6.45, 7) is 10.4. The quantitative estimate of drug-likeness (QED) is 0.809. The van der Waals surface area contributed by atoms with E-state index in [9.17, 15) is 14.4 Å². The maximum atomic E-state index is 12.5. The maximum absolute atomic E-state index is 12.5. The lowest BCUT2D eigenvalue weighted by Crippen LogP contribution is -2.48. The zero-order chi connectivity index (χ0) is 18.5. The van der Waals surface area contributed by atoms with Crippen molar-refractivity contribution >= 4 is 23.5 Å². The van der Waals surface area contributed by atoms with Crippen molar-refractivity contribution in [2.45, 2.75) is 53.2 Å². The van der Waals surface area contributed by atoms with Crippen LogP contribution in [0.25, 0.3) is 0 Å². The molecule has 0 saturated heterocycles. The number of rotatable bonds is 5. The molecular formula is C18H26N2O4. The van der Waals surface area contributed by atoms with E-state index in [1.54, 1.807) is 45.0 Å². The van der Waals surface area contributed by atoms with Crippen LogP contribution in [0.2, 0.25) is 0 Å². The number of carbonyl (C=O) groups is 3. The van der Waals surface area contributed by atoms with Crippen molar-refractivity contribution in [3.63, 3.8) is 0 Å². The molecule has 0 aliphatic carbocycles. The lowest BCUT2D eigenvalue weighted by Gasteiger charge is -2.25. The second-order valence-electron chi connectivity index (χ2n) is 6.99. The molecule has 6 heteroatoms. The van der Waals surface area contributed by atoms with E-state index in [0.717, 1.165) is 0 Å². The second-order valence-corrected chi connectivity index (χ2v) is 6.99. The van der Waals surface area contributed by atoms with Crippen molar-refractivity contribution in [2.75, 3.05) is 5.32 Å². The summed E-state index contributed by atoms with van der Waals surface area (Å²) in [5.74, 6) is -0.580. The van der Waals surface area contributed by atoms with Gasteiger partial charge < -0.3 is 15.4 Å². The molecule has 1 rings (SSSR count). The number of benzene rings is 1. The first-order valence-electron chi connectivity index (χ1n) is 7.91. The highest BCUT2D eigenvalue weighted by molar-refractivity contribution is 5.99. The predicted molar refractivity (Wildman–Crippen MR) is 93.1 cm³/mol. The molecule has 1 aromatic rings. The summed E-state index contributed by atoms with van der Waals surface area (Å²) in [6, 6.07) is 5.91. The highest BCUT2D eigenvalue weighted by atomic mass is 16.6. The van der Waals surface area contributed by atoms with Gasteiger partial charge >= 0.3 is 6.09 Å². The highest BCUT2D eigenvalue weighted by Crippen LogP contribution is 2.14. The number of nitrogens with one attached hydrogen (secondary N) is 2. The minimum atomic E-state index is -0.749. The summed E-state index contributed by atoms with van der Waals surface area (Å²) in [5.41, 5.74) is 0.371. The molecule has 2 N–H and O–H groups in total. The molecule has 0 heterocycles. The number of hydrogen-bond donors (Lipinski definition) is 2. The molecule has 0 unspecified atom stereocenters. The Balaban J connectivity index is 2.82. The third kappa shape index (κ3) is 6.40. The molecule has 0 fully saturated rings. The zero-order valence-corrected chi connectivity index (χ0v) is 15.1. The van der Waals surface area contributed by atoms with E-state index in [4.69, 9.17) is 4.74 Å². The molecule has 6 nitrogen and oxygen atoms in total.